The van der Waals surface area contributed by atoms with E-state index in [-0.39, 0.29) is 0 Å². The number of nitrogens with one attached hydrogen (secondary N) is 3. The number of hydrogen-bond donors (Lipinski definition) is 8. The van der Waals surface area contributed by atoms with Gasteiger partial charge in [-0.25, -0.2) is 4.79 Å². The van der Waals surface area contributed by atoms with Gasteiger partial charge in [0, 0.05) is 0 Å². The molecular weight excluding hydrogens is 382 g/mol. The molecule has 4 atom stereocenters. The molecular formula is C14H23N5O9. The maximum Gasteiger partial charge on any atom is 0.328 e. The highest BCUT2D eigenvalue weighted by Crippen LogP contribution is 1.99. The molecule has 0 aromatic carbocycles. The fourth-order valence-corrected chi connectivity index (χ4v) is 1.88. The van der Waals surface area contributed by atoms with Crippen LogP contribution in [0.2, 0.25) is 0 Å². The van der Waals surface area contributed by atoms with Gasteiger partial charge in [-0.05, 0) is 6.92 Å². The average molecular weight is 405 g/mol. The maximum atomic E-state index is 12.1. The molecule has 0 heterocycles. The molecule has 0 bridgehead atoms. The number of amides is 4. The number of carboxylic acids is 2. The Hall–Kier alpha value is -3.26. The number of rotatable bonds is 12. The van der Waals surface area contributed by atoms with E-state index in [1.165, 1.54) is 0 Å². The Morgan fingerprint density at radius 3 is 1.96 bits per heavy atom. The summed E-state index contributed by atoms with van der Waals surface area (Å²) in [6.07, 6.45) is -2.85. The summed E-state index contributed by atoms with van der Waals surface area (Å²) in [5, 5.41) is 33.1. The van der Waals surface area contributed by atoms with Crippen molar-refractivity contribution in [3.8, 4) is 0 Å². The van der Waals surface area contributed by atoms with Gasteiger partial charge < -0.3 is 42.7 Å². The SMILES string of the molecule is CC(O)C(NC(=O)C(CC(=O)O)NC(=O)CNC(=O)C(N)CC(N)=O)C(=O)O. The van der Waals surface area contributed by atoms with E-state index in [2.05, 4.69) is 5.32 Å². The normalized spacial score (nSPS) is 14.7. The number of aliphatic hydroxyl groups is 1. The molecule has 4 unspecified atom stereocenters. The first-order valence-electron chi connectivity index (χ1n) is 7.89. The average Bonchev–Trinajstić information content (AvgIpc) is 2.54. The lowest BCUT2D eigenvalue weighted by atomic mass is 10.1. The molecule has 0 spiro atoms. The zero-order valence-corrected chi connectivity index (χ0v) is 14.9. The van der Waals surface area contributed by atoms with E-state index >= 15 is 0 Å². The Labute approximate surface area is 158 Å². The highest BCUT2D eigenvalue weighted by atomic mass is 16.4. The van der Waals surface area contributed by atoms with Crippen LogP contribution < -0.4 is 27.4 Å². The molecule has 0 fully saturated rings. The van der Waals surface area contributed by atoms with Gasteiger partial charge in [0.25, 0.3) is 0 Å². The number of carbonyl (C=O) groups is 6. The highest BCUT2D eigenvalue weighted by Gasteiger charge is 2.30. The van der Waals surface area contributed by atoms with Gasteiger partial charge in [0.2, 0.25) is 23.6 Å². The van der Waals surface area contributed by atoms with Gasteiger partial charge in [0.15, 0.2) is 6.04 Å². The standard InChI is InChI=1S/C14H23N5O9/c1-5(20)11(14(27)28)19-13(26)7(3-10(23)24)18-9(22)4-17-12(25)6(15)2-8(16)21/h5-7,11,20H,2-4,15H2,1H3,(H2,16,21)(H,17,25)(H,18,22)(H,19,26)(H,23,24)(H,27,28). The van der Waals surface area contributed by atoms with Crippen LogP contribution in [-0.2, 0) is 28.8 Å². The summed E-state index contributed by atoms with van der Waals surface area (Å²) in [6.45, 7) is 0.391. The van der Waals surface area contributed by atoms with Crippen molar-refractivity contribution in [1.82, 2.24) is 16.0 Å². The minimum Gasteiger partial charge on any atom is -0.481 e. The molecule has 0 aliphatic carbocycles. The van der Waals surface area contributed by atoms with Crippen molar-refractivity contribution in [3.63, 3.8) is 0 Å². The van der Waals surface area contributed by atoms with E-state index in [1.807, 2.05) is 10.6 Å². The summed E-state index contributed by atoms with van der Waals surface area (Å²) < 4.78 is 0. The second kappa shape index (κ2) is 11.5. The molecule has 0 saturated heterocycles. The summed E-state index contributed by atoms with van der Waals surface area (Å²) >= 11 is 0. The van der Waals surface area contributed by atoms with Gasteiger partial charge in [-0.2, -0.15) is 0 Å². The third-order valence-corrected chi connectivity index (χ3v) is 3.26. The third kappa shape index (κ3) is 9.44. The number of primary amides is 1. The van der Waals surface area contributed by atoms with Gasteiger partial charge >= 0.3 is 11.9 Å². The minimum absolute atomic E-state index is 0.465. The van der Waals surface area contributed by atoms with Crippen molar-refractivity contribution in [1.29, 1.82) is 0 Å². The summed E-state index contributed by atoms with van der Waals surface area (Å²) in [5.41, 5.74) is 10.2. The lowest BCUT2D eigenvalue weighted by molar-refractivity contribution is -0.145. The largest absolute Gasteiger partial charge is 0.481 e. The molecule has 14 nitrogen and oxygen atoms in total. The number of hydrogen-bond acceptors (Lipinski definition) is 8. The molecule has 14 heteroatoms. The Kier molecular flexibility index (Phi) is 10.1. The van der Waals surface area contributed by atoms with E-state index in [0.717, 1.165) is 6.92 Å². The molecule has 10 N–H and O–H groups in total. The van der Waals surface area contributed by atoms with Crippen molar-refractivity contribution in [2.45, 2.75) is 44.0 Å². The molecule has 0 aromatic rings. The smallest absolute Gasteiger partial charge is 0.328 e. The van der Waals surface area contributed by atoms with E-state index < -0.39 is 79.2 Å². The summed E-state index contributed by atoms with van der Waals surface area (Å²) in [6, 6.07) is -4.71. The van der Waals surface area contributed by atoms with Crippen molar-refractivity contribution < 1.29 is 44.1 Å². The van der Waals surface area contributed by atoms with E-state index in [9.17, 15) is 33.9 Å². The number of aliphatic carboxylic acids is 2. The summed E-state index contributed by atoms with van der Waals surface area (Å²) in [5.74, 6) is -6.91. The lowest BCUT2D eigenvalue weighted by Gasteiger charge is -2.22. The monoisotopic (exact) mass is 405 g/mol. The second-order valence-electron chi connectivity index (χ2n) is 5.78. The maximum absolute atomic E-state index is 12.1. The Balaban J connectivity index is 4.90. The molecule has 0 aliphatic heterocycles. The van der Waals surface area contributed by atoms with Crippen molar-refractivity contribution in [2.75, 3.05) is 6.54 Å². The van der Waals surface area contributed by atoms with Crippen LogP contribution in [0.4, 0.5) is 0 Å². The van der Waals surface area contributed by atoms with Crippen molar-refractivity contribution >= 4 is 35.6 Å². The summed E-state index contributed by atoms with van der Waals surface area (Å²) in [7, 11) is 0. The van der Waals surface area contributed by atoms with E-state index in [4.69, 9.17) is 21.7 Å². The van der Waals surface area contributed by atoms with Gasteiger partial charge in [0.1, 0.15) is 6.04 Å². The number of carbonyl (C=O) groups excluding carboxylic acids is 4. The summed E-state index contributed by atoms with van der Waals surface area (Å²) in [4.78, 5) is 68.1. The van der Waals surface area contributed by atoms with Crippen LogP contribution in [-0.4, -0.2) is 81.7 Å². The topological polar surface area (TPSA) is 251 Å². The predicted molar refractivity (Wildman–Crippen MR) is 90.2 cm³/mol. The Morgan fingerprint density at radius 1 is 0.964 bits per heavy atom. The zero-order valence-electron chi connectivity index (χ0n) is 14.9. The van der Waals surface area contributed by atoms with E-state index in [1.54, 1.807) is 0 Å². The van der Waals surface area contributed by atoms with Crippen LogP contribution in [0.5, 0.6) is 0 Å². The van der Waals surface area contributed by atoms with Crippen LogP contribution in [0.3, 0.4) is 0 Å². The van der Waals surface area contributed by atoms with Crippen LogP contribution in [0, 0.1) is 0 Å². The van der Waals surface area contributed by atoms with Crippen LogP contribution in [0.1, 0.15) is 19.8 Å². The van der Waals surface area contributed by atoms with Crippen LogP contribution in [0.25, 0.3) is 0 Å². The zero-order chi connectivity index (χ0) is 22.0. The van der Waals surface area contributed by atoms with E-state index in [0.29, 0.717) is 0 Å². The molecule has 0 saturated carbocycles. The number of aliphatic hydroxyl groups excluding tert-OH is 1. The first-order valence-corrected chi connectivity index (χ1v) is 7.89. The van der Waals surface area contributed by atoms with Gasteiger partial charge in [0.05, 0.1) is 31.5 Å². The van der Waals surface area contributed by atoms with Gasteiger partial charge in [-0.3, -0.25) is 24.0 Å². The quantitative estimate of drug-likeness (QED) is 0.154. The van der Waals surface area contributed by atoms with Crippen molar-refractivity contribution in [2.24, 2.45) is 11.5 Å². The molecule has 158 valence electrons. The molecule has 0 radical (unpaired) electrons. The number of carboxylic acid groups (broad SMARTS) is 2. The van der Waals surface area contributed by atoms with Gasteiger partial charge in [-0.15, -0.1) is 0 Å². The molecule has 0 aromatic heterocycles. The molecule has 4 amide bonds. The molecule has 28 heavy (non-hydrogen) atoms. The minimum atomic E-state index is -1.73. The van der Waals surface area contributed by atoms with Crippen LogP contribution in [0.15, 0.2) is 0 Å². The highest BCUT2D eigenvalue weighted by molar-refractivity contribution is 5.95. The first-order chi connectivity index (χ1) is 12.8. The lowest BCUT2D eigenvalue weighted by Crippen LogP contribution is -2.56. The van der Waals surface area contributed by atoms with Gasteiger partial charge in [-0.1, -0.05) is 0 Å². The fourth-order valence-electron chi connectivity index (χ4n) is 1.88. The fraction of sp³-hybridized carbons (Fsp3) is 0.571. The second-order valence-corrected chi connectivity index (χ2v) is 5.78. The molecule has 0 rings (SSSR count). The third-order valence-electron chi connectivity index (χ3n) is 3.26. The first kappa shape index (κ1) is 24.7. The Morgan fingerprint density at radius 2 is 1.54 bits per heavy atom. The van der Waals surface area contributed by atoms with Crippen LogP contribution >= 0.6 is 0 Å². The van der Waals surface area contributed by atoms with Crippen molar-refractivity contribution in [3.05, 3.63) is 0 Å². The predicted octanol–water partition coefficient (Wildman–Crippen LogP) is -4.78. The number of nitrogens with two attached hydrogens (primary N) is 2. The molecule has 0 aliphatic rings. The Bertz CT molecular complexity index is 637.